The number of amides is 2. The number of carbonyl (C=O) groups is 2. The van der Waals surface area contributed by atoms with Crippen LogP contribution in [0.4, 0.5) is 10.5 Å². The molecule has 0 saturated heterocycles. The van der Waals surface area contributed by atoms with Crippen LogP contribution in [-0.4, -0.2) is 35.1 Å². The zero-order chi connectivity index (χ0) is 15.2. The third-order valence-electron chi connectivity index (χ3n) is 3.11. The molecule has 0 atom stereocenters. The zero-order valence-corrected chi connectivity index (χ0v) is 11.9. The number of carboxylic acid groups (broad SMARTS) is 1. The minimum atomic E-state index is -1.02. The fourth-order valence-corrected chi connectivity index (χ4v) is 2.16. The van der Waals surface area contributed by atoms with E-state index in [1.54, 1.807) is 0 Å². The smallest absolute Gasteiger partial charge is 0.323 e. The van der Waals surface area contributed by atoms with Crippen molar-refractivity contribution in [3.05, 3.63) is 42.5 Å². The van der Waals surface area contributed by atoms with Crippen LogP contribution in [0.1, 0.15) is 13.3 Å². The first-order valence-corrected chi connectivity index (χ1v) is 6.86. The van der Waals surface area contributed by atoms with Gasteiger partial charge in [-0.2, -0.15) is 0 Å². The Kier molecular flexibility index (Phi) is 4.77. The average Bonchev–Trinajstić information content (AvgIpc) is 2.46. The fraction of sp³-hybridized carbons (Fsp3) is 0.250. The molecule has 5 heteroatoms. The lowest BCUT2D eigenvalue weighted by Gasteiger charge is -2.20. The molecule has 2 rings (SSSR count). The first kappa shape index (κ1) is 14.8. The van der Waals surface area contributed by atoms with Gasteiger partial charge in [-0.3, -0.25) is 4.79 Å². The van der Waals surface area contributed by atoms with E-state index < -0.39 is 12.0 Å². The van der Waals surface area contributed by atoms with Crippen LogP contribution in [0.3, 0.4) is 0 Å². The highest BCUT2D eigenvalue weighted by Crippen LogP contribution is 2.19. The third-order valence-corrected chi connectivity index (χ3v) is 3.11. The summed E-state index contributed by atoms with van der Waals surface area (Å²) in [5.41, 5.74) is 0.658. The molecule has 0 spiro atoms. The first-order chi connectivity index (χ1) is 10.1. The summed E-state index contributed by atoms with van der Waals surface area (Å²) in [4.78, 5) is 24.2. The van der Waals surface area contributed by atoms with Crippen molar-refractivity contribution in [2.24, 2.45) is 0 Å². The molecule has 21 heavy (non-hydrogen) atoms. The molecule has 0 bridgehead atoms. The van der Waals surface area contributed by atoms with Crippen LogP contribution in [0.15, 0.2) is 42.5 Å². The molecule has 110 valence electrons. The van der Waals surface area contributed by atoms with Gasteiger partial charge in [-0.05, 0) is 29.3 Å². The fourth-order valence-electron chi connectivity index (χ4n) is 2.16. The highest BCUT2D eigenvalue weighted by molar-refractivity contribution is 5.94. The maximum atomic E-state index is 12.1. The monoisotopic (exact) mass is 286 g/mol. The van der Waals surface area contributed by atoms with Gasteiger partial charge in [0.25, 0.3) is 0 Å². The van der Waals surface area contributed by atoms with Crippen LogP contribution >= 0.6 is 0 Å². The van der Waals surface area contributed by atoms with Gasteiger partial charge in [-0.25, -0.2) is 4.79 Å². The molecule has 0 saturated carbocycles. The minimum Gasteiger partial charge on any atom is -0.480 e. The molecule has 0 aliphatic rings. The number of carboxylic acids is 1. The summed E-state index contributed by atoms with van der Waals surface area (Å²) in [6.07, 6.45) is 0.707. The SMILES string of the molecule is CCCN(CC(=O)O)C(=O)Nc1ccc2ccccc2c1. The van der Waals surface area contributed by atoms with Crippen molar-refractivity contribution in [2.75, 3.05) is 18.4 Å². The molecular weight excluding hydrogens is 268 g/mol. The number of hydrogen-bond acceptors (Lipinski definition) is 2. The lowest BCUT2D eigenvalue weighted by atomic mass is 10.1. The van der Waals surface area contributed by atoms with E-state index in [9.17, 15) is 9.59 Å². The second kappa shape index (κ2) is 6.74. The molecule has 2 aromatic rings. The molecule has 0 aliphatic carbocycles. The Morgan fingerprint density at radius 3 is 2.52 bits per heavy atom. The Morgan fingerprint density at radius 2 is 1.86 bits per heavy atom. The number of rotatable bonds is 5. The number of nitrogens with one attached hydrogen (secondary N) is 1. The van der Waals surface area contributed by atoms with Gasteiger partial charge in [-0.15, -0.1) is 0 Å². The van der Waals surface area contributed by atoms with Gasteiger partial charge >= 0.3 is 12.0 Å². The van der Waals surface area contributed by atoms with Gasteiger partial charge in [0.1, 0.15) is 6.54 Å². The summed E-state index contributed by atoms with van der Waals surface area (Å²) in [6.45, 7) is 2.01. The third kappa shape index (κ3) is 3.95. The number of hydrogen-bond donors (Lipinski definition) is 2. The van der Waals surface area contributed by atoms with E-state index >= 15 is 0 Å². The molecular formula is C16H18N2O3. The van der Waals surface area contributed by atoms with E-state index in [0.29, 0.717) is 18.7 Å². The summed E-state index contributed by atoms with van der Waals surface area (Å²) in [6, 6.07) is 13.1. The van der Waals surface area contributed by atoms with Crippen LogP contribution in [0.25, 0.3) is 10.8 Å². The Bertz CT molecular complexity index is 655. The molecule has 0 fully saturated rings. The minimum absolute atomic E-state index is 0.298. The average molecular weight is 286 g/mol. The summed E-state index contributed by atoms with van der Waals surface area (Å²) in [7, 11) is 0. The van der Waals surface area contributed by atoms with Crippen LogP contribution < -0.4 is 5.32 Å². The number of nitrogens with zero attached hydrogens (tertiary/aromatic N) is 1. The van der Waals surface area contributed by atoms with Crippen molar-refractivity contribution in [1.29, 1.82) is 0 Å². The van der Waals surface area contributed by atoms with E-state index in [-0.39, 0.29) is 6.54 Å². The van der Waals surface area contributed by atoms with E-state index in [4.69, 9.17) is 5.11 Å². The lowest BCUT2D eigenvalue weighted by Crippen LogP contribution is -2.39. The number of carbonyl (C=O) groups excluding carboxylic acids is 1. The Morgan fingerprint density at radius 1 is 1.14 bits per heavy atom. The number of aliphatic carboxylic acids is 1. The summed E-state index contributed by atoms with van der Waals surface area (Å²) >= 11 is 0. The Hall–Kier alpha value is -2.56. The molecule has 2 amide bonds. The largest absolute Gasteiger partial charge is 0.480 e. The number of anilines is 1. The van der Waals surface area contributed by atoms with Crippen molar-refractivity contribution in [3.63, 3.8) is 0 Å². The lowest BCUT2D eigenvalue weighted by molar-refractivity contribution is -0.137. The molecule has 0 heterocycles. The summed E-state index contributed by atoms with van der Waals surface area (Å²) in [5.74, 6) is -1.02. The zero-order valence-electron chi connectivity index (χ0n) is 11.9. The predicted octanol–water partition coefficient (Wildman–Crippen LogP) is 3.17. The van der Waals surface area contributed by atoms with Gasteiger partial charge in [-0.1, -0.05) is 37.3 Å². The van der Waals surface area contributed by atoms with Crippen molar-refractivity contribution >= 4 is 28.5 Å². The van der Waals surface area contributed by atoms with E-state index in [1.165, 1.54) is 4.90 Å². The molecule has 2 N–H and O–H groups in total. The Balaban J connectivity index is 2.13. The molecule has 0 aromatic heterocycles. The van der Waals surface area contributed by atoms with E-state index in [1.807, 2.05) is 49.4 Å². The molecule has 2 aromatic carbocycles. The van der Waals surface area contributed by atoms with Crippen molar-refractivity contribution in [2.45, 2.75) is 13.3 Å². The van der Waals surface area contributed by atoms with Gasteiger partial charge < -0.3 is 15.3 Å². The first-order valence-electron chi connectivity index (χ1n) is 6.86. The van der Waals surface area contributed by atoms with Crippen LogP contribution in [0.5, 0.6) is 0 Å². The number of urea groups is 1. The van der Waals surface area contributed by atoms with Gasteiger partial charge in [0.15, 0.2) is 0 Å². The standard InChI is InChI=1S/C16H18N2O3/c1-2-9-18(11-15(19)20)16(21)17-14-8-7-12-5-3-4-6-13(12)10-14/h3-8,10H,2,9,11H2,1H3,(H,17,21)(H,19,20). The van der Waals surface area contributed by atoms with E-state index in [0.717, 1.165) is 10.8 Å². The summed E-state index contributed by atoms with van der Waals surface area (Å²) in [5, 5.41) is 13.7. The molecule has 0 unspecified atom stereocenters. The number of fused-ring (bicyclic) bond motifs is 1. The van der Waals surface area contributed by atoms with E-state index in [2.05, 4.69) is 5.32 Å². The van der Waals surface area contributed by atoms with Crippen LogP contribution in [-0.2, 0) is 4.79 Å². The molecule has 0 radical (unpaired) electrons. The van der Waals surface area contributed by atoms with Crippen molar-refractivity contribution < 1.29 is 14.7 Å². The highest BCUT2D eigenvalue weighted by atomic mass is 16.4. The molecule has 5 nitrogen and oxygen atoms in total. The van der Waals surface area contributed by atoms with Gasteiger partial charge in [0.05, 0.1) is 0 Å². The number of benzene rings is 2. The van der Waals surface area contributed by atoms with Gasteiger partial charge in [0, 0.05) is 12.2 Å². The van der Waals surface area contributed by atoms with Gasteiger partial charge in [0.2, 0.25) is 0 Å². The second-order valence-electron chi connectivity index (χ2n) is 4.81. The maximum absolute atomic E-state index is 12.1. The quantitative estimate of drug-likeness (QED) is 0.887. The van der Waals surface area contributed by atoms with Crippen molar-refractivity contribution in [1.82, 2.24) is 4.90 Å². The predicted molar refractivity (Wildman–Crippen MR) is 82.5 cm³/mol. The topological polar surface area (TPSA) is 69.6 Å². The Labute approximate surface area is 123 Å². The second-order valence-corrected chi connectivity index (χ2v) is 4.81. The van der Waals surface area contributed by atoms with Crippen LogP contribution in [0, 0.1) is 0 Å². The summed E-state index contributed by atoms with van der Waals surface area (Å²) < 4.78 is 0. The highest BCUT2D eigenvalue weighted by Gasteiger charge is 2.15. The maximum Gasteiger partial charge on any atom is 0.323 e. The van der Waals surface area contributed by atoms with Crippen LogP contribution in [0.2, 0.25) is 0 Å². The normalized spacial score (nSPS) is 10.3. The van der Waals surface area contributed by atoms with Crippen molar-refractivity contribution in [3.8, 4) is 0 Å². The molecule has 0 aliphatic heterocycles.